The van der Waals surface area contributed by atoms with Crippen LogP contribution in [0.15, 0.2) is 60.7 Å². The molecule has 0 spiro atoms. The van der Waals surface area contributed by atoms with Gasteiger partial charge >= 0.3 is 0 Å². The summed E-state index contributed by atoms with van der Waals surface area (Å²) in [6.07, 6.45) is -0.473. The van der Waals surface area contributed by atoms with E-state index in [0.717, 1.165) is 33.4 Å². The van der Waals surface area contributed by atoms with Crippen LogP contribution in [0.3, 0.4) is 0 Å². The Kier molecular flexibility index (Phi) is 7.84. The van der Waals surface area contributed by atoms with E-state index in [1.54, 1.807) is 19.9 Å². The minimum Gasteiger partial charge on any atom is -0.756 e. The van der Waals surface area contributed by atoms with Crippen molar-refractivity contribution in [3.05, 3.63) is 88.5 Å². The summed E-state index contributed by atoms with van der Waals surface area (Å²) in [5.41, 5.74) is 6.70. The van der Waals surface area contributed by atoms with E-state index in [-0.39, 0.29) is 13.2 Å². The lowest BCUT2D eigenvalue weighted by Crippen LogP contribution is -2.12. The fraction of sp³-hybridized carbons (Fsp3) is 0.308. The number of fused-ring (bicyclic) bond motifs is 3. The van der Waals surface area contributed by atoms with Crippen molar-refractivity contribution in [3.8, 4) is 16.9 Å². The quantitative estimate of drug-likeness (QED) is 0.411. The second-order valence-electron chi connectivity index (χ2n) is 8.46. The van der Waals surface area contributed by atoms with Crippen LogP contribution in [-0.2, 0) is 51.4 Å². The Morgan fingerprint density at radius 1 is 0.941 bits per heavy atom. The average molecular weight is 483 g/mol. The lowest BCUT2D eigenvalue weighted by atomic mass is 9.94. The zero-order valence-corrected chi connectivity index (χ0v) is 20.1. The van der Waals surface area contributed by atoms with E-state index < -0.39 is 13.9 Å². The second-order valence-corrected chi connectivity index (χ2v) is 9.82. The Labute approximate surface area is 199 Å². The fourth-order valence-corrected chi connectivity index (χ4v) is 4.70. The lowest BCUT2D eigenvalue weighted by Gasteiger charge is -2.25. The van der Waals surface area contributed by atoms with Crippen molar-refractivity contribution in [2.24, 2.45) is 0 Å². The average Bonchev–Trinajstić information content (AvgIpc) is 2.82. The molecule has 0 amide bonds. The van der Waals surface area contributed by atoms with E-state index in [4.69, 9.17) is 18.5 Å². The molecule has 180 valence electrons. The third-order valence-corrected chi connectivity index (χ3v) is 6.45. The van der Waals surface area contributed by atoms with Gasteiger partial charge in [0.15, 0.2) is 0 Å². The summed E-state index contributed by atoms with van der Waals surface area (Å²) < 4.78 is 33.4. The molecular weight excluding hydrogens is 455 g/mol. The normalized spacial score (nSPS) is 14.3. The summed E-state index contributed by atoms with van der Waals surface area (Å²) in [6.45, 7) is 4.50. The molecule has 1 unspecified atom stereocenters. The van der Waals surface area contributed by atoms with Gasteiger partial charge in [0, 0.05) is 5.56 Å². The van der Waals surface area contributed by atoms with Crippen LogP contribution in [0.1, 0.15) is 41.7 Å². The molecule has 1 N–H and O–H groups in total. The molecule has 3 aromatic carbocycles. The van der Waals surface area contributed by atoms with Crippen LogP contribution in [0.25, 0.3) is 11.1 Å². The molecule has 1 atom stereocenters. The van der Waals surface area contributed by atoms with Gasteiger partial charge in [0.05, 0.1) is 32.5 Å². The molecule has 3 aromatic rings. The Hall–Kier alpha value is -2.51. The van der Waals surface area contributed by atoms with Crippen LogP contribution in [0.4, 0.5) is 0 Å². The number of phosphoric acid groups is 1. The number of phosphoric ester groups is 1. The molecule has 1 heterocycles. The van der Waals surface area contributed by atoms with Gasteiger partial charge in [-0.15, -0.1) is 0 Å². The molecular formula is C26H28O7P-. The summed E-state index contributed by atoms with van der Waals surface area (Å²) >= 11 is 0. The molecule has 0 radical (unpaired) electrons. The maximum Gasteiger partial charge on any atom is 0.268 e. The third-order valence-electron chi connectivity index (χ3n) is 5.33. The maximum absolute atomic E-state index is 11.8. The smallest absolute Gasteiger partial charge is 0.268 e. The first-order valence-corrected chi connectivity index (χ1v) is 12.6. The third kappa shape index (κ3) is 6.33. The summed E-state index contributed by atoms with van der Waals surface area (Å²) in [5, 5.41) is 9.26. The van der Waals surface area contributed by atoms with Crippen molar-refractivity contribution < 1.29 is 33.1 Å². The summed E-state index contributed by atoms with van der Waals surface area (Å²) in [7, 11) is -4.35. The number of ether oxygens (including phenoxy) is 2. The molecule has 4 rings (SSSR count). The number of aliphatic hydroxyl groups excluding tert-OH is 1. The molecule has 0 aromatic heterocycles. The van der Waals surface area contributed by atoms with Gasteiger partial charge in [0.2, 0.25) is 0 Å². The minimum absolute atomic E-state index is 0.0145. The molecule has 8 heteroatoms. The van der Waals surface area contributed by atoms with Crippen molar-refractivity contribution in [1.29, 1.82) is 0 Å². The van der Waals surface area contributed by atoms with Gasteiger partial charge in [-0.05, 0) is 59.4 Å². The maximum atomic E-state index is 11.8. The zero-order chi connectivity index (χ0) is 24.1. The second kappa shape index (κ2) is 10.8. The van der Waals surface area contributed by atoms with Crippen molar-refractivity contribution in [2.45, 2.75) is 53.0 Å². The fourth-order valence-electron chi connectivity index (χ4n) is 3.82. The zero-order valence-electron chi connectivity index (χ0n) is 19.2. The Bertz CT molecular complexity index is 1190. The predicted octanol–water partition coefficient (Wildman–Crippen LogP) is 4.87. The highest BCUT2D eigenvalue weighted by atomic mass is 31.2. The van der Waals surface area contributed by atoms with Crippen LogP contribution >= 0.6 is 7.82 Å². The molecule has 0 bridgehead atoms. The Morgan fingerprint density at radius 2 is 1.62 bits per heavy atom. The molecule has 7 nitrogen and oxygen atoms in total. The number of hydrogen-bond donors (Lipinski definition) is 1. The number of hydrogen-bond acceptors (Lipinski definition) is 7. The van der Waals surface area contributed by atoms with Gasteiger partial charge in [-0.2, -0.15) is 0 Å². The van der Waals surface area contributed by atoms with E-state index in [1.807, 2.05) is 42.5 Å². The van der Waals surface area contributed by atoms with Crippen molar-refractivity contribution in [3.63, 3.8) is 0 Å². The summed E-state index contributed by atoms with van der Waals surface area (Å²) in [5.74, 6) is 0.687. The van der Waals surface area contributed by atoms with Crippen LogP contribution in [0, 0.1) is 0 Å². The van der Waals surface area contributed by atoms with Crippen LogP contribution < -0.4 is 9.63 Å². The van der Waals surface area contributed by atoms with E-state index in [1.165, 1.54) is 0 Å². The molecule has 1 aliphatic heterocycles. The number of rotatable bonds is 10. The summed E-state index contributed by atoms with van der Waals surface area (Å²) in [6, 6.07) is 19.4. The van der Waals surface area contributed by atoms with Crippen molar-refractivity contribution in [2.75, 3.05) is 0 Å². The highest BCUT2D eigenvalue weighted by Gasteiger charge is 2.19. The number of benzene rings is 3. The minimum atomic E-state index is -4.35. The van der Waals surface area contributed by atoms with Gasteiger partial charge in [0.1, 0.15) is 12.4 Å². The topological polar surface area (TPSA) is 97.3 Å². The largest absolute Gasteiger partial charge is 0.756 e. The van der Waals surface area contributed by atoms with Crippen LogP contribution in [0.2, 0.25) is 0 Å². The Balaban J connectivity index is 1.39. The lowest BCUT2D eigenvalue weighted by molar-refractivity contribution is -0.229. The highest BCUT2D eigenvalue weighted by molar-refractivity contribution is 7.45. The SMILES string of the molecule is CC(C)OP(=O)([O-])OCc1ccc2c(c1)OCc1cc(COCc3cccc(CO)c3)ccc1-2. The van der Waals surface area contributed by atoms with Crippen molar-refractivity contribution in [1.82, 2.24) is 0 Å². The molecule has 34 heavy (non-hydrogen) atoms. The Morgan fingerprint density at radius 3 is 2.35 bits per heavy atom. The molecule has 0 fully saturated rings. The van der Waals surface area contributed by atoms with Gasteiger partial charge in [-0.25, -0.2) is 0 Å². The molecule has 0 aliphatic carbocycles. The van der Waals surface area contributed by atoms with Gasteiger partial charge < -0.3 is 28.5 Å². The summed E-state index contributed by atoms with van der Waals surface area (Å²) in [4.78, 5) is 11.8. The van der Waals surface area contributed by atoms with Gasteiger partial charge in [-0.1, -0.05) is 48.5 Å². The van der Waals surface area contributed by atoms with Gasteiger partial charge in [0.25, 0.3) is 7.82 Å². The standard InChI is InChI=1S/C26H29O7P/c1-18(2)33-34(28,29)32-16-22-7-9-25-24-8-6-21(11-23(24)17-31-26(25)12-22)15-30-14-20-5-3-4-19(10-20)13-27/h3-12,18,27H,13-17H2,1-2H3,(H,28,29)/p-1. The first-order chi connectivity index (χ1) is 16.3. The molecule has 1 aliphatic rings. The predicted molar refractivity (Wildman–Crippen MR) is 126 cm³/mol. The first-order valence-electron chi connectivity index (χ1n) is 11.1. The van der Waals surface area contributed by atoms with Crippen LogP contribution in [0.5, 0.6) is 5.75 Å². The monoisotopic (exact) mass is 483 g/mol. The van der Waals surface area contributed by atoms with Gasteiger partial charge in [-0.3, -0.25) is 4.57 Å². The number of aliphatic hydroxyl groups is 1. The van der Waals surface area contributed by atoms with E-state index in [9.17, 15) is 14.6 Å². The van der Waals surface area contributed by atoms with E-state index in [2.05, 4.69) is 12.1 Å². The first kappa shape index (κ1) is 24.6. The highest BCUT2D eigenvalue weighted by Crippen LogP contribution is 2.42. The molecule has 0 saturated carbocycles. The van der Waals surface area contributed by atoms with E-state index >= 15 is 0 Å². The van der Waals surface area contributed by atoms with Crippen molar-refractivity contribution >= 4 is 7.82 Å². The molecule has 0 saturated heterocycles. The van der Waals surface area contributed by atoms with E-state index in [0.29, 0.717) is 31.1 Å². The van der Waals surface area contributed by atoms with Crippen LogP contribution in [-0.4, -0.2) is 11.2 Å².